The summed E-state index contributed by atoms with van der Waals surface area (Å²) in [6.45, 7) is 6.11. The summed E-state index contributed by atoms with van der Waals surface area (Å²) >= 11 is 0. The van der Waals surface area contributed by atoms with Gasteiger partial charge in [0.15, 0.2) is 0 Å². The van der Waals surface area contributed by atoms with Crippen LogP contribution < -0.4 is 0 Å². The van der Waals surface area contributed by atoms with Crippen LogP contribution >= 0.6 is 0 Å². The lowest BCUT2D eigenvalue weighted by molar-refractivity contribution is -0.154. The van der Waals surface area contributed by atoms with E-state index in [0.29, 0.717) is 12.5 Å². The van der Waals surface area contributed by atoms with Gasteiger partial charge >= 0.3 is 0 Å². The van der Waals surface area contributed by atoms with Crippen molar-refractivity contribution in [1.29, 1.82) is 0 Å². The van der Waals surface area contributed by atoms with Gasteiger partial charge in [-0.05, 0) is 18.8 Å². The molecule has 4 heteroatoms. The van der Waals surface area contributed by atoms with E-state index >= 15 is 0 Å². The molecule has 1 unspecified atom stereocenters. The van der Waals surface area contributed by atoms with Crippen molar-refractivity contribution in [3.63, 3.8) is 0 Å². The van der Waals surface area contributed by atoms with E-state index in [1.807, 2.05) is 0 Å². The molecule has 0 saturated carbocycles. The number of carbonyl (C=O) groups excluding carboxylic acids is 2. The molecule has 2 amide bonds. The van der Waals surface area contributed by atoms with Crippen molar-refractivity contribution in [2.24, 2.45) is 5.92 Å². The second-order valence-electron chi connectivity index (χ2n) is 5.15. The van der Waals surface area contributed by atoms with E-state index in [9.17, 15) is 9.59 Å². The summed E-state index contributed by atoms with van der Waals surface area (Å²) in [5, 5.41) is 0. The van der Waals surface area contributed by atoms with E-state index in [1.165, 1.54) is 0 Å². The zero-order valence-electron chi connectivity index (χ0n) is 10.8. The van der Waals surface area contributed by atoms with Crippen molar-refractivity contribution in [3.8, 4) is 0 Å². The van der Waals surface area contributed by atoms with Crippen LogP contribution in [0.25, 0.3) is 0 Å². The zero-order chi connectivity index (χ0) is 12.4. The molecule has 2 aliphatic heterocycles. The second kappa shape index (κ2) is 5.07. The minimum atomic E-state index is -0.148. The van der Waals surface area contributed by atoms with E-state index in [1.54, 1.807) is 9.80 Å². The van der Waals surface area contributed by atoms with Crippen molar-refractivity contribution in [1.82, 2.24) is 9.80 Å². The Morgan fingerprint density at radius 2 is 2.00 bits per heavy atom. The summed E-state index contributed by atoms with van der Waals surface area (Å²) in [6, 6.07) is -0.148. The molecule has 96 valence electrons. The third-order valence-corrected chi connectivity index (χ3v) is 4.13. The summed E-state index contributed by atoms with van der Waals surface area (Å²) < 4.78 is 0. The van der Waals surface area contributed by atoms with Gasteiger partial charge in [-0.15, -0.1) is 0 Å². The molecule has 0 N–H and O–H groups in total. The average Bonchev–Trinajstić information content (AvgIpc) is 2.81. The quantitative estimate of drug-likeness (QED) is 0.739. The van der Waals surface area contributed by atoms with Crippen LogP contribution in [0.15, 0.2) is 0 Å². The standard InChI is InChI=1S/C13H22N2O2/c1-3-10(4-2)8-14-9-12(16)15-7-5-6-11(15)13(14)17/h10-11H,3-9H2,1-2H3. The van der Waals surface area contributed by atoms with Crippen LogP contribution in [-0.4, -0.2) is 47.3 Å². The fourth-order valence-corrected chi connectivity index (χ4v) is 2.88. The van der Waals surface area contributed by atoms with Crippen LogP contribution in [0.5, 0.6) is 0 Å². The van der Waals surface area contributed by atoms with E-state index in [0.717, 1.165) is 38.8 Å². The third-order valence-electron chi connectivity index (χ3n) is 4.13. The molecule has 2 fully saturated rings. The van der Waals surface area contributed by atoms with Gasteiger partial charge in [-0.2, -0.15) is 0 Å². The number of hydrogen-bond acceptors (Lipinski definition) is 2. The van der Waals surface area contributed by atoms with Gasteiger partial charge in [0.1, 0.15) is 6.04 Å². The Morgan fingerprint density at radius 1 is 1.29 bits per heavy atom. The molecule has 2 saturated heterocycles. The highest BCUT2D eigenvalue weighted by Gasteiger charge is 2.41. The van der Waals surface area contributed by atoms with Gasteiger partial charge in [-0.25, -0.2) is 0 Å². The number of nitrogens with zero attached hydrogens (tertiary/aromatic N) is 2. The molecule has 0 aliphatic carbocycles. The Hall–Kier alpha value is -1.06. The SMILES string of the molecule is CCC(CC)CN1CC(=O)N2CCCC2C1=O. The van der Waals surface area contributed by atoms with Gasteiger partial charge in [0.05, 0.1) is 6.54 Å². The lowest BCUT2D eigenvalue weighted by Crippen LogP contribution is -2.58. The number of hydrogen-bond donors (Lipinski definition) is 0. The fraction of sp³-hybridized carbons (Fsp3) is 0.846. The molecule has 0 bridgehead atoms. The summed E-state index contributed by atoms with van der Waals surface area (Å²) in [5.41, 5.74) is 0. The Morgan fingerprint density at radius 3 is 2.65 bits per heavy atom. The van der Waals surface area contributed by atoms with Crippen LogP contribution in [0, 0.1) is 5.92 Å². The van der Waals surface area contributed by atoms with Crippen LogP contribution in [0.4, 0.5) is 0 Å². The Labute approximate surface area is 103 Å². The first kappa shape index (κ1) is 12.4. The van der Waals surface area contributed by atoms with Gasteiger partial charge < -0.3 is 9.80 Å². The normalized spacial score (nSPS) is 24.8. The summed E-state index contributed by atoms with van der Waals surface area (Å²) in [5.74, 6) is 0.840. The Balaban J connectivity index is 2.04. The minimum Gasteiger partial charge on any atom is -0.331 e. The van der Waals surface area contributed by atoms with E-state index in [-0.39, 0.29) is 17.9 Å². The monoisotopic (exact) mass is 238 g/mol. The molecule has 2 aliphatic rings. The lowest BCUT2D eigenvalue weighted by atomic mass is 10.0. The largest absolute Gasteiger partial charge is 0.331 e. The van der Waals surface area contributed by atoms with Crippen LogP contribution in [0.3, 0.4) is 0 Å². The first-order chi connectivity index (χ1) is 8.17. The molecule has 2 heterocycles. The molecule has 0 aromatic rings. The number of fused-ring (bicyclic) bond motifs is 1. The van der Waals surface area contributed by atoms with Crippen LogP contribution in [0.2, 0.25) is 0 Å². The van der Waals surface area contributed by atoms with E-state index in [2.05, 4.69) is 13.8 Å². The molecule has 0 aromatic carbocycles. The maximum Gasteiger partial charge on any atom is 0.245 e. The maximum absolute atomic E-state index is 12.3. The van der Waals surface area contributed by atoms with Gasteiger partial charge in [-0.3, -0.25) is 9.59 Å². The van der Waals surface area contributed by atoms with Crippen molar-refractivity contribution in [2.45, 2.75) is 45.6 Å². The molecule has 1 atom stereocenters. The summed E-state index contributed by atoms with van der Waals surface area (Å²) in [7, 11) is 0. The highest BCUT2D eigenvalue weighted by atomic mass is 16.2. The average molecular weight is 238 g/mol. The topological polar surface area (TPSA) is 40.6 Å². The number of carbonyl (C=O) groups is 2. The van der Waals surface area contributed by atoms with Crippen LogP contribution in [-0.2, 0) is 9.59 Å². The fourth-order valence-electron chi connectivity index (χ4n) is 2.88. The highest BCUT2D eigenvalue weighted by Crippen LogP contribution is 2.24. The van der Waals surface area contributed by atoms with Gasteiger partial charge in [0.25, 0.3) is 0 Å². The van der Waals surface area contributed by atoms with E-state index < -0.39 is 0 Å². The zero-order valence-corrected chi connectivity index (χ0v) is 10.8. The number of rotatable bonds is 4. The molecule has 0 aromatic heterocycles. The van der Waals surface area contributed by atoms with Gasteiger partial charge in [0.2, 0.25) is 11.8 Å². The van der Waals surface area contributed by atoms with E-state index in [4.69, 9.17) is 0 Å². The van der Waals surface area contributed by atoms with Crippen LogP contribution in [0.1, 0.15) is 39.5 Å². The predicted molar refractivity (Wildman–Crippen MR) is 65.4 cm³/mol. The summed E-state index contributed by atoms with van der Waals surface area (Å²) in [4.78, 5) is 27.7. The number of amides is 2. The third kappa shape index (κ3) is 2.31. The lowest BCUT2D eigenvalue weighted by Gasteiger charge is -2.37. The molecule has 2 rings (SSSR count). The molecule has 0 radical (unpaired) electrons. The van der Waals surface area contributed by atoms with Crippen molar-refractivity contribution in [2.75, 3.05) is 19.6 Å². The summed E-state index contributed by atoms with van der Waals surface area (Å²) in [6.07, 6.45) is 3.97. The van der Waals surface area contributed by atoms with Crippen molar-refractivity contribution >= 4 is 11.8 Å². The Bertz CT molecular complexity index is 313. The molecular formula is C13H22N2O2. The Kier molecular flexibility index (Phi) is 3.69. The van der Waals surface area contributed by atoms with Crippen molar-refractivity contribution in [3.05, 3.63) is 0 Å². The van der Waals surface area contributed by atoms with Gasteiger partial charge in [-0.1, -0.05) is 26.7 Å². The first-order valence-electron chi connectivity index (χ1n) is 6.75. The second-order valence-corrected chi connectivity index (χ2v) is 5.15. The maximum atomic E-state index is 12.3. The molecular weight excluding hydrogens is 216 g/mol. The minimum absolute atomic E-state index is 0.137. The first-order valence-corrected chi connectivity index (χ1v) is 6.75. The highest BCUT2D eigenvalue weighted by molar-refractivity contribution is 5.95. The molecule has 0 spiro atoms. The predicted octanol–water partition coefficient (Wildman–Crippen LogP) is 1.26. The molecule has 17 heavy (non-hydrogen) atoms. The van der Waals surface area contributed by atoms with Gasteiger partial charge in [0, 0.05) is 13.1 Å². The van der Waals surface area contributed by atoms with Crippen molar-refractivity contribution < 1.29 is 9.59 Å². The molecule has 4 nitrogen and oxygen atoms in total. The smallest absolute Gasteiger partial charge is 0.245 e. The number of piperazine rings is 1.